The number of anilines is 1. The Balaban J connectivity index is 1.41. The van der Waals surface area contributed by atoms with Gasteiger partial charge in [-0.2, -0.15) is 0 Å². The van der Waals surface area contributed by atoms with E-state index in [1.54, 1.807) is 48.5 Å². The number of carbonyl (C=O) groups is 3. The molecule has 0 spiro atoms. The molecule has 0 saturated heterocycles. The molecule has 3 aromatic rings. The highest BCUT2D eigenvalue weighted by Crippen LogP contribution is 2.21. The van der Waals surface area contributed by atoms with Crippen molar-refractivity contribution in [1.82, 2.24) is 5.32 Å². The van der Waals surface area contributed by atoms with E-state index < -0.39 is 24.1 Å². The van der Waals surface area contributed by atoms with Gasteiger partial charge in [0.1, 0.15) is 11.1 Å². The van der Waals surface area contributed by atoms with Crippen LogP contribution in [0, 0.1) is 0 Å². The molecule has 0 atom stereocenters. The average molecular weight is 406 g/mol. The van der Waals surface area contributed by atoms with E-state index in [0.29, 0.717) is 22.2 Å². The summed E-state index contributed by atoms with van der Waals surface area (Å²) in [7, 11) is 0. The van der Waals surface area contributed by atoms with Gasteiger partial charge in [-0.3, -0.25) is 9.59 Å². The molecule has 0 unspecified atom stereocenters. The molecule has 2 amide bonds. The van der Waals surface area contributed by atoms with Crippen LogP contribution in [0.5, 0.6) is 0 Å². The Morgan fingerprint density at radius 2 is 1.73 bits per heavy atom. The molecule has 8 nitrogen and oxygen atoms in total. The monoisotopic (exact) mass is 406 g/mol. The second-order valence-corrected chi connectivity index (χ2v) is 6.90. The molecule has 0 aliphatic heterocycles. The number of hydrogen-bond acceptors (Lipinski definition) is 6. The van der Waals surface area contributed by atoms with Gasteiger partial charge < -0.3 is 19.8 Å². The molecule has 8 heteroatoms. The molecule has 1 aliphatic rings. The number of fused-ring (bicyclic) bond motifs is 1. The normalized spacial score (nSPS) is 12.9. The van der Waals surface area contributed by atoms with Gasteiger partial charge in [0.15, 0.2) is 6.61 Å². The number of hydrogen-bond donors (Lipinski definition) is 2. The third-order valence-corrected chi connectivity index (χ3v) is 4.55. The van der Waals surface area contributed by atoms with Crippen LogP contribution in [0.1, 0.15) is 33.6 Å². The fourth-order valence-electron chi connectivity index (χ4n) is 2.88. The highest BCUT2D eigenvalue weighted by atomic mass is 16.5. The van der Waals surface area contributed by atoms with Gasteiger partial charge in [-0.15, -0.1) is 0 Å². The summed E-state index contributed by atoms with van der Waals surface area (Å²) in [5.41, 5.74) is -0.175. The number of ether oxygens (including phenoxy) is 1. The number of rotatable bonds is 6. The Hall–Kier alpha value is -3.94. The van der Waals surface area contributed by atoms with Crippen LogP contribution in [0.4, 0.5) is 5.69 Å². The highest BCUT2D eigenvalue weighted by molar-refractivity contribution is 6.04. The molecular formula is C22H18N2O6. The van der Waals surface area contributed by atoms with E-state index in [0.717, 1.165) is 12.8 Å². The lowest BCUT2D eigenvalue weighted by molar-refractivity contribution is -0.119. The number of esters is 1. The first-order chi connectivity index (χ1) is 14.5. The molecule has 30 heavy (non-hydrogen) atoms. The lowest BCUT2D eigenvalue weighted by Crippen LogP contribution is -2.28. The zero-order valence-electron chi connectivity index (χ0n) is 15.8. The first kappa shape index (κ1) is 19.4. The van der Waals surface area contributed by atoms with Crippen LogP contribution in [-0.2, 0) is 9.53 Å². The minimum atomic E-state index is -0.968. The molecular weight excluding hydrogens is 388 g/mol. The number of para-hydroxylation sites is 2. The minimum absolute atomic E-state index is 0.177. The predicted molar refractivity (Wildman–Crippen MR) is 108 cm³/mol. The molecule has 1 saturated carbocycles. The molecule has 152 valence electrons. The van der Waals surface area contributed by atoms with Crippen molar-refractivity contribution in [2.45, 2.75) is 18.9 Å². The van der Waals surface area contributed by atoms with E-state index in [2.05, 4.69) is 10.6 Å². The lowest BCUT2D eigenvalue weighted by Gasteiger charge is -2.11. The Morgan fingerprint density at radius 3 is 2.53 bits per heavy atom. The van der Waals surface area contributed by atoms with Gasteiger partial charge in [0, 0.05) is 11.4 Å². The largest absolute Gasteiger partial charge is 0.452 e. The molecule has 1 aliphatic carbocycles. The number of carbonyl (C=O) groups excluding carboxylic acids is 3. The number of amides is 2. The van der Waals surface area contributed by atoms with Gasteiger partial charge in [0.25, 0.3) is 11.8 Å². The van der Waals surface area contributed by atoms with E-state index >= 15 is 0 Å². The van der Waals surface area contributed by atoms with Crippen LogP contribution < -0.4 is 16.3 Å². The van der Waals surface area contributed by atoms with Gasteiger partial charge in [0.2, 0.25) is 0 Å². The summed E-state index contributed by atoms with van der Waals surface area (Å²) in [6.45, 7) is -0.621. The Labute approximate surface area is 170 Å². The summed E-state index contributed by atoms with van der Waals surface area (Å²) in [6.07, 6.45) is 1.89. The Morgan fingerprint density at radius 1 is 1.00 bits per heavy atom. The maximum Gasteiger partial charge on any atom is 0.351 e. The Bertz CT molecular complexity index is 1200. The second kappa shape index (κ2) is 8.20. The number of nitrogens with one attached hydrogen (secondary N) is 2. The summed E-state index contributed by atoms with van der Waals surface area (Å²) in [5.74, 6) is -1.89. The third-order valence-electron chi connectivity index (χ3n) is 4.55. The molecule has 0 bridgehead atoms. The van der Waals surface area contributed by atoms with Crippen LogP contribution >= 0.6 is 0 Å². The molecule has 1 fully saturated rings. The fourth-order valence-corrected chi connectivity index (χ4v) is 2.88. The van der Waals surface area contributed by atoms with Crippen LogP contribution in [0.2, 0.25) is 0 Å². The van der Waals surface area contributed by atoms with Gasteiger partial charge in [-0.05, 0) is 37.1 Å². The standard InChI is InChI=1S/C22H18N2O6/c25-19(24-17-7-3-2-6-15(17)20(26)23-14-9-10-14)12-29-21(27)16-11-13-5-1-4-8-18(13)30-22(16)28/h1-8,11,14H,9-10,12H2,(H,23,26)(H,24,25). The van der Waals surface area contributed by atoms with Crippen molar-refractivity contribution in [2.75, 3.05) is 11.9 Å². The van der Waals surface area contributed by atoms with Crippen molar-refractivity contribution in [2.24, 2.45) is 0 Å². The first-order valence-corrected chi connectivity index (χ1v) is 9.41. The smallest absolute Gasteiger partial charge is 0.351 e. The zero-order chi connectivity index (χ0) is 21.1. The molecule has 4 rings (SSSR count). The molecule has 1 aromatic heterocycles. The van der Waals surface area contributed by atoms with Crippen molar-refractivity contribution >= 4 is 34.4 Å². The average Bonchev–Trinajstić information content (AvgIpc) is 3.56. The van der Waals surface area contributed by atoms with Gasteiger partial charge in [-0.25, -0.2) is 9.59 Å². The topological polar surface area (TPSA) is 115 Å². The highest BCUT2D eigenvalue weighted by Gasteiger charge is 2.25. The van der Waals surface area contributed by atoms with Crippen molar-refractivity contribution in [3.63, 3.8) is 0 Å². The molecule has 2 N–H and O–H groups in total. The van der Waals surface area contributed by atoms with E-state index in [1.165, 1.54) is 6.07 Å². The minimum Gasteiger partial charge on any atom is -0.452 e. The molecule has 0 radical (unpaired) electrons. The molecule has 2 aromatic carbocycles. The predicted octanol–water partition coefficient (Wildman–Crippen LogP) is 2.48. The van der Waals surface area contributed by atoms with Crippen LogP contribution in [0.25, 0.3) is 11.0 Å². The first-order valence-electron chi connectivity index (χ1n) is 9.41. The van der Waals surface area contributed by atoms with Gasteiger partial charge >= 0.3 is 11.6 Å². The quantitative estimate of drug-likeness (QED) is 0.480. The van der Waals surface area contributed by atoms with Crippen LogP contribution in [0.3, 0.4) is 0 Å². The maximum absolute atomic E-state index is 12.3. The van der Waals surface area contributed by atoms with Crippen molar-refractivity contribution in [1.29, 1.82) is 0 Å². The van der Waals surface area contributed by atoms with Gasteiger partial charge in [-0.1, -0.05) is 30.3 Å². The van der Waals surface area contributed by atoms with E-state index in [1.807, 2.05) is 0 Å². The lowest BCUT2D eigenvalue weighted by atomic mass is 10.1. The van der Waals surface area contributed by atoms with Crippen LogP contribution in [-0.4, -0.2) is 30.4 Å². The van der Waals surface area contributed by atoms with E-state index in [9.17, 15) is 19.2 Å². The summed E-state index contributed by atoms with van der Waals surface area (Å²) < 4.78 is 10.0. The van der Waals surface area contributed by atoms with Crippen LogP contribution in [0.15, 0.2) is 63.8 Å². The fraction of sp³-hybridized carbons (Fsp3) is 0.182. The third kappa shape index (κ3) is 4.38. The second-order valence-electron chi connectivity index (χ2n) is 6.90. The summed E-state index contributed by atoms with van der Waals surface area (Å²) >= 11 is 0. The van der Waals surface area contributed by atoms with Crippen molar-refractivity contribution in [3.8, 4) is 0 Å². The Kier molecular flexibility index (Phi) is 5.30. The van der Waals surface area contributed by atoms with Crippen molar-refractivity contribution < 1.29 is 23.5 Å². The summed E-state index contributed by atoms with van der Waals surface area (Å²) in [4.78, 5) is 48.8. The molecule has 1 heterocycles. The SMILES string of the molecule is O=C(COC(=O)c1cc2ccccc2oc1=O)Nc1ccccc1C(=O)NC1CC1. The zero-order valence-corrected chi connectivity index (χ0v) is 15.8. The number of benzene rings is 2. The van der Waals surface area contributed by atoms with E-state index in [4.69, 9.17) is 9.15 Å². The maximum atomic E-state index is 12.3. The van der Waals surface area contributed by atoms with Gasteiger partial charge in [0.05, 0.1) is 11.3 Å². The summed E-state index contributed by atoms with van der Waals surface area (Å²) in [6, 6.07) is 14.8. The summed E-state index contributed by atoms with van der Waals surface area (Å²) in [5, 5.41) is 5.97. The van der Waals surface area contributed by atoms with E-state index in [-0.39, 0.29) is 17.5 Å². The van der Waals surface area contributed by atoms with Crippen molar-refractivity contribution in [3.05, 3.63) is 76.1 Å².